The summed E-state index contributed by atoms with van der Waals surface area (Å²) in [5.74, 6) is -0.208. The summed E-state index contributed by atoms with van der Waals surface area (Å²) in [6, 6.07) is 1.51. The number of aryl methyl sites for hydroxylation is 2. The molecular formula is C19H28KN3O3S. The molecule has 1 aromatic carbocycles. The Morgan fingerprint density at radius 2 is 1.70 bits per heavy atom. The van der Waals surface area contributed by atoms with Gasteiger partial charge in [0.05, 0.1) is 5.75 Å². The number of anilines is 1. The van der Waals surface area contributed by atoms with E-state index >= 15 is 0 Å². The number of nitrogens with one attached hydrogen (secondary N) is 1. The van der Waals surface area contributed by atoms with Crippen molar-refractivity contribution in [3.8, 4) is 0 Å². The fraction of sp³-hybridized carbons (Fsp3) is 0.632. The fourth-order valence-electron chi connectivity index (χ4n) is 4.30. The van der Waals surface area contributed by atoms with Crippen molar-refractivity contribution in [1.82, 2.24) is 4.90 Å². The molecule has 1 atom stereocenters. The molecule has 27 heavy (non-hydrogen) atoms. The quantitative estimate of drug-likeness (QED) is 0.666. The third kappa shape index (κ3) is 6.01. The molecule has 2 amide bonds. The number of nitrogens with zero attached hydrogens (tertiary/aromatic N) is 2. The number of amides is 2. The second-order valence-electron chi connectivity index (χ2n) is 7.87. The second kappa shape index (κ2) is 9.69. The number of carbonyl (C=O) groups excluding carboxylic acids is 1. The van der Waals surface area contributed by atoms with Gasteiger partial charge in [-0.15, -0.1) is 0 Å². The Morgan fingerprint density at radius 3 is 2.22 bits per heavy atom. The minimum Gasteiger partial charge on any atom is -0.423 e. The van der Waals surface area contributed by atoms with Crippen molar-refractivity contribution in [3.63, 3.8) is 0 Å². The maximum Gasteiger partial charge on any atom is 1.00 e. The van der Waals surface area contributed by atoms with Crippen LogP contribution in [0.2, 0.25) is 0 Å². The van der Waals surface area contributed by atoms with Crippen molar-refractivity contribution in [3.05, 3.63) is 33.0 Å². The predicted octanol–water partition coefficient (Wildman–Crippen LogP) is 0.101. The van der Waals surface area contributed by atoms with Crippen molar-refractivity contribution < 1.29 is 64.6 Å². The molecule has 0 radical (unpaired) electrons. The van der Waals surface area contributed by atoms with E-state index in [9.17, 15) is 13.2 Å². The summed E-state index contributed by atoms with van der Waals surface area (Å²) in [7, 11) is -0.00286. The fourth-order valence-corrected chi connectivity index (χ4v) is 5.49. The normalized spacial score (nSPS) is 16.4. The SMILES string of the molecule is CC(CN(C)C)CS(=O)(=O)[N-]C(=O)Nc1c2c(cc3c1CCC3)CCC2.[K+]. The Labute approximate surface area is 205 Å². The largest absolute Gasteiger partial charge is 1.00 e. The summed E-state index contributed by atoms with van der Waals surface area (Å²) < 4.78 is 28.0. The minimum atomic E-state index is -3.79. The van der Waals surface area contributed by atoms with Gasteiger partial charge in [-0.25, -0.2) is 8.42 Å². The molecule has 0 heterocycles. The van der Waals surface area contributed by atoms with Crippen LogP contribution in [0.25, 0.3) is 4.72 Å². The molecule has 1 aromatic rings. The molecule has 8 heteroatoms. The van der Waals surface area contributed by atoms with Gasteiger partial charge in [0.25, 0.3) is 0 Å². The van der Waals surface area contributed by atoms with Crippen LogP contribution in [0.1, 0.15) is 42.0 Å². The molecule has 6 nitrogen and oxygen atoms in total. The first-order chi connectivity index (χ1) is 12.2. The van der Waals surface area contributed by atoms with Crippen LogP contribution in [0.3, 0.4) is 0 Å². The van der Waals surface area contributed by atoms with Gasteiger partial charge in [-0.1, -0.05) is 13.0 Å². The summed E-state index contributed by atoms with van der Waals surface area (Å²) in [5.41, 5.74) is 5.77. The van der Waals surface area contributed by atoms with Gasteiger partial charge in [0.2, 0.25) is 0 Å². The molecule has 0 saturated heterocycles. The van der Waals surface area contributed by atoms with Gasteiger partial charge in [0.15, 0.2) is 16.1 Å². The number of carbonyl (C=O) groups is 1. The molecule has 1 N–H and O–H groups in total. The molecule has 0 saturated carbocycles. The van der Waals surface area contributed by atoms with Crippen LogP contribution in [0, 0.1) is 5.92 Å². The van der Waals surface area contributed by atoms with Gasteiger partial charge in [-0.3, -0.25) is 4.79 Å². The zero-order valence-corrected chi connectivity index (χ0v) is 20.8. The van der Waals surface area contributed by atoms with E-state index in [1.165, 1.54) is 22.3 Å². The number of hydrogen-bond donors (Lipinski definition) is 1. The molecule has 3 rings (SSSR count). The summed E-state index contributed by atoms with van der Waals surface area (Å²) in [6.45, 7) is 2.48. The molecule has 2 aliphatic rings. The van der Waals surface area contributed by atoms with Gasteiger partial charge in [-0.05, 0) is 86.5 Å². The average Bonchev–Trinajstić information content (AvgIpc) is 3.12. The summed E-state index contributed by atoms with van der Waals surface area (Å²) in [5, 5.41) is 2.82. The Kier molecular flexibility index (Phi) is 8.37. The van der Waals surface area contributed by atoms with Crippen LogP contribution in [-0.2, 0) is 35.7 Å². The number of fused-ring (bicyclic) bond motifs is 2. The van der Waals surface area contributed by atoms with Crippen molar-refractivity contribution in [2.75, 3.05) is 31.7 Å². The van der Waals surface area contributed by atoms with Crippen LogP contribution >= 0.6 is 0 Å². The summed E-state index contributed by atoms with van der Waals surface area (Å²) in [4.78, 5) is 14.3. The molecule has 0 bridgehead atoms. The maximum atomic E-state index is 12.4. The van der Waals surface area contributed by atoms with Crippen LogP contribution in [-0.4, -0.2) is 45.7 Å². The van der Waals surface area contributed by atoms with E-state index in [0.29, 0.717) is 6.54 Å². The van der Waals surface area contributed by atoms with E-state index in [-0.39, 0.29) is 63.1 Å². The molecule has 0 aliphatic heterocycles. The van der Waals surface area contributed by atoms with Crippen molar-refractivity contribution in [2.24, 2.45) is 5.92 Å². The average molecular weight is 418 g/mol. The first kappa shape index (κ1) is 23.3. The van der Waals surface area contributed by atoms with Gasteiger partial charge in [0.1, 0.15) is 0 Å². The Hall–Kier alpha value is 0.0364. The molecule has 0 fully saturated rings. The standard InChI is InChI=1S/C19H29N3O3S.K/c1-13(11-22(2)3)12-26(24,25)21-19(23)20-18-16-8-4-6-14(16)10-15-7-5-9-17(15)18;/h10,13H,4-9,11-12H2,1-3H3,(H2,20,21,23);/q;+1/p-1. The molecule has 144 valence electrons. The smallest absolute Gasteiger partial charge is 0.423 e. The Morgan fingerprint density at radius 1 is 1.15 bits per heavy atom. The van der Waals surface area contributed by atoms with Gasteiger partial charge < -0.3 is 14.9 Å². The zero-order valence-electron chi connectivity index (χ0n) is 16.8. The summed E-state index contributed by atoms with van der Waals surface area (Å²) in [6.07, 6.45) is 6.10. The van der Waals surface area contributed by atoms with Gasteiger partial charge in [-0.2, -0.15) is 0 Å². The van der Waals surface area contributed by atoms with E-state index in [0.717, 1.165) is 44.2 Å². The van der Waals surface area contributed by atoms with Crippen LogP contribution < -0.4 is 56.7 Å². The number of rotatable bonds is 6. The van der Waals surface area contributed by atoms with E-state index in [1.807, 2.05) is 25.9 Å². The molecule has 0 aromatic heterocycles. The van der Waals surface area contributed by atoms with Crippen LogP contribution in [0.4, 0.5) is 10.5 Å². The Bertz CT molecular complexity index is 777. The van der Waals surface area contributed by atoms with E-state index in [1.54, 1.807) is 0 Å². The predicted molar refractivity (Wildman–Crippen MR) is 104 cm³/mol. The number of urea groups is 1. The monoisotopic (exact) mass is 417 g/mol. The van der Waals surface area contributed by atoms with Crippen LogP contribution in [0.15, 0.2) is 6.07 Å². The molecule has 0 spiro atoms. The van der Waals surface area contributed by atoms with Crippen molar-refractivity contribution >= 4 is 21.7 Å². The van der Waals surface area contributed by atoms with Crippen molar-refractivity contribution in [2.45, 2.75) is 45.4 Å². The van der Waals surface area contributed by atoms with Crippen LogP contribution in [0.5, 0.6) is 0 Å². The van der Waals surface area contributed by atoms with E-state index in [4.69, 9.17) is 0 Å². The second-order valence-corrected chi connectivity index (χ2v) is 9.55. The van der Waals surface area contributed by atoms with E-state index < -0.39 is 16.1 Å². The molecular weight excluding hydrogens is 389 g/mol. The Balaban J connectivity index is 0.00000261. The topological polar surface area (TPSA) is 80.6 Å². The number of benzene rings is 1. The third-order valence-electron chi connectivity index (χ3n) is 5.10. The first-order valence-corrected chi connectivity index (χ1v) is 10.9. The maximum absolute atomic E-state index is 12.4. The molecule has 2 aliphatic carbocycles. The number of sulfonamides is 1. The van der Waals surface area contributed by atoms with Crippen molar-refractivity contribution in [1.29, 1.82) is 0 Å². The first-order valence-electron chi connectivity index (χ1n) is 9.33. The number of hydrogen-bond acceptors (Lipinski definition) is 4. The van der Waals surface area contributed by atoms with Gasteiger partial charge >= 0.3 is 51.4 Å². The zero-order chi connectivity index (χ0) is 18.9. The van der Waals surface area contributed by atoms with E-state index in [2.05, 4.69) is 16.1 Å². The third-order valence-corrected chi connectivity index (χ3v) is 6.53. The van der Waals surface area contributed by atoms with Gasteiger partial charge in [0, 0.05) is 6.54 Å². The minimum absolute atomic E-state index is 0. The summed E-state index contributed by atoms with van der Waals surface area (Å²) >= 11 is 0. The molecule has 1 unspecified atom stereocenters.